The van der Waals surface area contributed by atoms with Gasteiger partial charge in [-0.25, -0.2) is 19.6 Å². The molecule has 0 fully saturated rings. The SMILES string of the molecule is CN(C)c1nc2nonc2nc1NCCc1cn2ccccc2n1. The van der Waals surface area contributed by atoms with Crippen LogP contribution in [0.2, 0.25) is 0 Å². The Hall–Kier alpha value is -3.23. The molecular weight excluding hydrogens is 308 g/mol. The van der Waals surface area contributed by atoms with Crippen molar-refractivity contribution in [1.29, 1.82) is 0 Å². The van der Waals surface area contributed by atoms with Gasteiger partial charge in [0.05, 0.1) is 5.69 Å². The van der Waals surface area contributed by atoms with Gasteiger partial charge in [0.15, 0.2) is 11.6 Å². The fourth-order valence-electron chi connectivity index (χ4n) is 2.48. The molecule has 4 heterocycles. The average Bonchev–Trinajstić information content (AvgIpc) is 3.19. The van der Waals surface area contributed by atoms with Gasteiger partial charge in [0.2, 0.25) is 11.3 Å². The van der Waals surface area contributed by atoms with E-state index in [1.165, 1.54) is 0 Å². The van der Waals surface area contributed by atoms with Crippen LogP contribution in [0.5, 0.6) is 0 Å². The van der Waals surface area contributed by atoms with Crippen LogP contribution in [0.15, 0.2) is 35.2 Å². The minimum absolute atomic E-state index is 0.385. The lowest BCUT2D eigenvalue weighted by Crippen LogP contribution is -2.16. The quantitative estimate of drug-likeness (QED) is 0.588. The van der Waals surface area contributed by atoms with E-state index in [0.29, 0.717) is 29.5 Å². The molecule has 4 aromatic heterocycles. The van der Waals surface area contributed by atoms with Crippen molar-refractivity contribution in [2.75, 3.05) is 30.9 Å². The molecule has 0 amide bonds. The predicted octanol–water partition coefficient (Wildman–Crippen LogP) is 1.38. The molecule has 24 heavy (non-hydrogen) atoms. The van der Waals surface area contributed by atoms with E-state index in [1.807, 2.05) is 54.0 Å². The molecule has 4 rings (SSSR count). The fourth-order valence-corrected chi connectivity index (χ4v) is 2.48. The number of fused-ring (bicyclic) bond motifs is 2. The monoisotopic (exact) mass is 324 g/mol. The Morgan fingerprint density at radius 2 is 1.96 bits per heavy atom. The van der Waals surface area contributed by atoms with E-state index in [0.717, 1.165) is 17.8 Å². The van der Waals surface area contributed by atoms with Crippen molar-refractivity contribution in [3.63, 3.8) is 0 Å². The van der Waals surface area contributed by atoms with Crippen molar-refractivity contribution in [1.82, 2.24) is 29.7 Å². The third-order valence-electron chi connectivity index (χ3n) is 3.61. The summed E-state index contributed by atoms with van der Waals surface area (Å²) in [7, 11) is 3.80. The maximum absolute atomic E-state index is 4.68. The van der Waals surface area contributed by atoms with E-state index in [2.05, 4.69) is 35.2 Å². The van der Waals surface area contributed by atoms with Crippen LogP contribution in [-0.4, -0.2) is 50.3 Å². The molecule has 0 saturated heterocycles. The highest BCUT2D eigenvalue weighted by Gasteiger charge is 2.14. The summed E-state index contributed by atoms with van der Waals surface area (Å²) in [5, 5.41) is 10.8. The Bertz CT molecular complexity index is 956. The van der Waals surface area contributed by atoms with Crippen LogP contribution in [0.25, 0.3) is 16.9 Å². The van der Waals surface area contributed by atoms with E-state index < -0.39 is 0 Å². The summed E-state index contributed by atoms with van der Waals surface area (Å²) in [4.78, 5) is 15.3. The van der Waals surface area contributed by atoms with Crippen LogP contribution in [0.4, 0.5) is 11.6 Å². The number of anilines is 2. The van der Waals surface area contributed by atoms with Crippen molar-refractivity contribution in [2.45, 2.75) is 6.42 Å². The molecule has 0 aliphatic rings. The number of nitrogens with one attached hydrogen (secondary N) is 1. The largest absolute Gasteiger partial charge is 0.367 e. The van der Waals surface area contributed by atoms with Gasteiger partial charge in [-0.3, -0.25) is 0 Å². The van der Waals surface area contributed by atoms with Crippen LogP contribution in [-0.2, 0) is 6.42 Å². The third kappa shape index (κ3) is 2.60. The van der Waals surface area contributed by atoms with Gasteiger partial charge in [-0.15, -0.1) is 0 Å². The Morgan fingerprint density at radius 1 is 1.12 bits per heavy atom. The topological polar surface area (TPSA) is 97.3 Å². The fraction of sp³-hybridized carbons (Fsp3) is 0.267. The standard InChI is InChI=1S/C15H16N8O/c1-22(2)15-14(18-12-13(19-15)21-24-20-12)16-7-6-10-9-23-8-4-3-5-11(23)17-10/h3-5,8-9H,6-7H2,1-2H3,(H,16,18,20). The van der Waals surface area contributed by atoms with Gasteiger partial charge >= 0.3 is 0 Å². The first-order valence-electron chi connectivity index (χ1n) is 7.55. The number of rotatable bonds is 5. The molecule has 0 unspecified atom stereocenters. The van der Waals surface area contributed by atoms with Crippen LogP contribution in [0, 0.1) is 0 Å². The highest BCUT2D eigenvalue weighted by Crippen LogP contribution is 2.21. The molecule has 0 radical (unpaired) electrons. The Labute approximate surface area is 137 Å². The molecule has 0 aliphatic carbocycles. The van der Waals surface area contributed by atoms with Crippen molar-refractivity contribution in [3.8, 4) is 0 Å². The number of aromatic nitrogens is 6. The molecule has 0 atom stereocenters. The summed E-state index contributed by atoms with van der Waals surface area (Å²) in [5.41, 5.74) is 2.73. The summed E-state index contributed by atoms with van der Waals surface area (Å²) in [6.45, 7) is 0.677. The third-order valence-corrected chi connectivity index (χ3v) is 3.61. The predicted molar refractivity (Wildman–Crippen MR) is 89.1 cm³/mol. The first kappa shape index (κ1) is 14.4. The number of nitrogens with zero attached hydrogens (tertiary/aromatic N) is 7. The number of pyridine rings is 1. The highest BCUT2D eigenvalue weighted by atomic mass is 16.6. The lowest BCUT2D eigenvalue weighted by Gasteiger charge is -2.15. The van der Waals surface area contributed by atoms with Crippen molar-refractivity contribution < 1.29 is 4.63 Å². The van der Waals surface area contributed by atoms with Gasteiger partial charge in [0.1, 0.15) is 5.65 Å². The number of imidazole rings is 1. The summed E-state index contributed by atoms with van der Waals surface area (Å²) in [5.74, 6) is 1.33. The molecule has 0 saturated carbocycles. The van der Waals surface area contributed by atoms with E-state index in [-0.39, 0.29) is 0 Å². The molecule has 4 aromatic rings. The second-order valence-corrected chi connectivity index (χ2v) is 5.58. The zero-order valence-electron chi connectivity index (χ0n) is 13.3. The molecule has 9 heteroatoms. The van der Waals surface area contributed by atoms with Gasteiger partial charge in [-0.05, 0) is 22.4 Å². The molecule has 122 valence electrons. The van der Waals surface area contributed by atoms with Gasteiger partial charge in [0.25, 0.3) is 0 Å². The molecule has 1 N–H and O–H groups in total. The number of hydrogen-bond acceptors (Lipinski definition) is 8. The lowest BCUT2D eigenvalue weighted by atomic mass is 10.3. The van der Waals surface area contributed by atoms with Crippen molar-refractivity contribution in [2.24, 2.45) is 0 Å². The maximum Gasteiger partial charge on any atom is 0.245 e. The first-order valence-corrected chi connectivity index (χ1v) is 7.55. The zero-order valence-corrected chi connectivity index (χ0v) is 13.3. The van der Waals surface area contributed by atoms with Gasteiger partial charge in [0, 0.05) is 39.5 Å². The van der Waals surface area contributed by atoms with Gasteiger partial charge in [-0.2, -0.15) is 0 Å². The van der Waals surface area contributed by atoms with E-state index in [9.17, 15) is 0 Å². The minimum Gasteiger partial charge on any atom is -0.367 e. The van der Waals surface area contributed by atoms with E-state index >= 15 is 0 Å². The Balaban J connectivity index is 1.52. The summed E-state index contributed by atoms with van der Waals surface area (Å²) in [6.07, 6.45) is 4.78. The van der Waals surface area contributed by atoms with E-state index in [1.54, 1.807) is 0 Å². The van der Waals surface area contributed by atoms with E-state index in [4.69, 9.17) is 0 Å². The van der Waals surface area contributed by atoms with Crippen LogP contribution in [0.3, 0.4) is 0 Å². The molecule has 0 bridgehead atoms. The average molecular weight is 324 g/mol. The maximum atomic E-state index is 4.68. The summed E-state index contributed by atoms with van der Waals surface area (Å²) < 4.78 is 6.69. The molecular formula is C15H16N8O. The highest BCUT2D eigenvalue weighted by molar-refractivity contribution is 5.73. The van der Waals surface area contributed by atoms with Crippen LogP contribution >= 0.6 is 0 Å². The van der Waals surface area contributed by atoms with Crippen LogP contribution < -0.4 is 10.2 Å². The number of hydrogen-bond donors (Lipinski definition) is 1. The molecule has 0 aliphatic heterocycles. The van der Waals surface area contributed by atoms with Gasteiger partial charge < -0.3 is 14.6 Å². The summed E-state index contributed by atoms with van der Waals surface area (Å²) >= 11 is 0. The Kier molecular flexibility index (Phi) is 3.45. The van der Waals surface area contributed by atoms with Crippen LogP contribution in [0.1, 0.15) is 5.69 Å². The zero-order chi connectivity index (χ0) is 16.5. The molecule has 9 nitrogen and oxygen atoms in total. The van der Waals surface area contributed by atoms with Gasteiger partial charge in [-0.1, -0.05) is 6.07 Å². The minimum atomic E-state index is 0.385. The second-order valence-electron chi connectivity index (χ2n) is 5.58. The van der Waals surface area contributed by atoms with Crippen molar-refractivity contribution >= 4 is 28.6 Å². The second kappa shape index (κ2) is 5.76. The lowest BCUT2D eigenvalue weighted by molar-refractivity contribution is 0.314. The molecule has 0 spiro atoms. The first-order chi connectivity index (χ1) is 11.7. The van der Waals surface area contributed by atoms with Crippen molar-refractivity contribution in [3.05, 3.63) is 36.3 Å². The smallest absolute Gasteiger partial charge is 0.245 e. The summed E-state index contributed by atoms with van der Waals surface area (Å²) in [6, 6.07) is 5.94. The Morgan fingerprint density at radius 3 is 2.75 bits per heavy atom. The molecule has 0 aromatic carbocycles. The normalized spacial score (nSPS) is 11.2.